The summed E-state index contributed by atoms with van der Waals surface area (Å²) in [6, 6.07) is 3.35. The number of hydrogen-bond acceptors (Lipinski definition) is 3. The van der Waals surface area contributed by atoms with Crippen LogP contribution in [0.4, 0.5) is 8.78 Å². The van der Waals surface area contributed by atoms with E-state index in [1.165, 1.54) is 6.07 Å². The lowest BCUT2D eigenvalue weighted by atomic mass is 9.99. The number of rotatable bonds is 4. The quantitative estimate of drug-likeness (QED) is 0.868. The molecule has 19 heavy (non-hydrogen) atoms. The van der Waals surface area contributed by atoms with Crippen LogP contribution in [-0.2, 0) is 6.42 Å². The molecule has 2 atom stereocenters. The van der Waals surface area contributed by atoms with Crippen LogP contribution >= 0.6 is 0 Å². The Kier molecular flexibility index (Phi) is 4.85. The van der Waals surface area contributed by atoms with Gasteiger partial charge in [-0.05, 0) is 43.0 Å². The predicted octanol–water partition coefficient (Wildman–Crippen LogP) is 1.32. The molecular formula is C14H19F2NO2. The molecule has 5 heteroatoms. The van der Waals surface area contributed by atoms with Crippen molar-refractivity contribution in [2.45, 2.75) is 31.4 Å². The number of likely N-dealkylation sites (tertiary alicyclic amines) is 1. The molecule has 1 aromatic rings. The van der Waals surface area contributed by atoms with Crippen molar-refractivity contribution in [1.29, 1.82) is 0 Å². The molecule has 0 saturated carbocycles. The lowest BCUT2D eigenvalue weighted by Gasteiger charge is -2.36. The third-order valence-corrected chi connectivity index (χ3v) is 3.70. The van der Waals surface area contributed by atoms with Gasteiger partial charge in [-0.3, -0.25) is 4.90 Å². The van der Waals surface area contributed by atoms with E-state index in [0.29, 0.717) is 37.9 Å². The van der Waals surface area contributed by atoms with Gasteiger partial charge in [-0.25, -0.2) is 8.78 Å². The van der Waals surface area contributed by atoms with E-state index < -0.39 is 11.6 Å². The minimum Gasteiger partial charge on any atom is -0.395 e. The molecular weight excluding hydrogens is 252 g/mol. The van der Waals surface area contributed by atoms with Gasteiger partial charge in [0, 0.05) is 19.1 Å². The third-order valence-electron chi connectivity index (χ3n) is 3.70. The summed E-state index contributed by atoms with van der Waals surface area (Å²) in [6.07, 6.45) is 1.21. The van der Waals surface area contributed by atoms with Crippen LogP contribution in [0.25, 0.3) is 0 Å². The van der Waals surface area contributed by atoms with Crippen LogP contribution in [0.15, 0.2) is 18.2 Å². The smallest absolute Gasteiger partial charge is 0.126 e. The fraction of sp³-hybridized carbons (Fsp3) is 0.571. The Morgan fingerprint density at radius 3 is 2.84 bits per heavy atom. The molecule has 1 aliphatic heterocycles. The van der Waals surface area contributed by atoms with Crippen molar-refractivity contribution in [3.05, 3.63) is 35.4 Å². The van der Waals surface area contributed by atoms with Crippen molar-refractivity contribution in [3.63, 3.8) is 0 Å². The third kappa shape index (κ3) is 3.72. The van der Waals surface area contributed by atoms with Gasteiger partial charge in [0.25, 0.3) is 0 Å². The second-order valence-corrected chi connectivity index (χ2v) is 5.04. The van der Waals surface area contributed by atoms with Crippen molar-refractivity contribution < 1.29 is 19.0 Å². The summed E-state index contributed by atoms with van der Waals surface area (Å²) in [7, 11) is 0. The number of halogens is 2. The van der Waals surface area contributed by atoms with Crippen LogP contribution in [0.2, 0.25) is 0 Å². The summed E-state index contributed by atoms with van der Waals surface area (Å²) >= 11 is 0. The van der Waals surface area contributed by atoms with Gasteiger partial charge in [0.2, 0.25) is 0 Å². The zero-order valence-corrected chi connectivity index (χ0v) is 10.7. The summed E-state index contributed by atoms with van der Waals surface area (Å²) in [6.45, 7) is 1.20. The zero-order chi connectivity index (χ0) is 13.8. The molecule has 0 aromatic heterocycles. The molecule has 1 aromatic carbocycles. The Morgan fingerprint density at radius 2 is 2.11 bits per heavy atom. The van der Waals surface area contributed by atoms with Crippen LogP contribution in [0, 0.1) is 11.6 Å². The molecule has 3 nitrogen and oxygen atoms in total. The normalized spacial score (nSPS) is 24.6. The van der Waals surface area contributed by atoms with Gasteiger partial charge in [0.15, 0.2) is 0 Å². The molecule has 0 radical (unpaired) electrons. The average Bonchev–Trinajstić information content (AvgIpc) is 2.40. The SMILES string of the molecule is OCC1CC(O)CCN1CCc1cc(F)ccc1F. The van der Waals surface area contributed by atoms with Crippen LogP contribution < -0.4 is 0 Å². The molecule has 0 bridgehead atoms. The second-order valence-electron chi connectivity index (χ2n) is 5.04. The highest BCUT2D eigenvalue weighted by atomic mass is 19.1. The summed E-state index contributed by atoms with van der Waals surface area (Å²) in [5.41, 5.74) is 0.350. The van der Waals surface area contributed by atoms with E-state index in [4.69, 9.17) is 0 Å². The van der Waals surface area contributed by atoms with Crippen LogP contribution in [0.3, 0.4) is 0 Å². The lowest BCUT2D eigenvalue weighted by Crippen LogP contribution is -2.47. The fourth-order valence-electron chi connectivity index (χ4n) is 2.56. The Labute approximate surface area is 111 Å². The molecule has 1 aliphatic rings. The van der Waals surface area contributed by atoms with Gasteiger partial charge in [0.05, 0.1) is 12.7 Å². The summed E-state index contributed by atoms with van der Waals surface area (Å²) in [5.74, 6) is -0.844. The first-order valence-electron chi connectivity index (χ1n) is 6.57. The van der Waals surface area contributed by atoms with Crippen molar-refractivity contribution >= 4 is 0 Å². The van der Waals surface area contributed by atoms with E-state index in [2.05, 4.69) is 0 Å². The Bertz CT molecular complexity index is 428. The molecule has 1 fully saturated rings. The molecule has 106 valence electrons. The highest BCUT2D eigenvalue weighted by molar-refractivity contribution is 5.19. The van der Waals surface area contributed by atoms with Gasteiger partial charge >= 0.3 is 0 Å². The van der Waals surface area contributed by atoms with E-state index in [0.717, 1.165) is 12.1 Å². The van der Waals surface area contributed by atoms with Crippen LogP contribution in [0.1, 0.15) is 18.4 Å². The Morgan fingerprint density at radius 1 is 1.32 bits per heavy atom. The van der Waals surface area contributed by atoms with E-state index in [1.54, 1.807) is 0 Å². The number of piperidine rings is 1. The second kappa shape index (κ2) is 6.41. The Balaban J connectivity index is 1.95. The molecule has 2 N–H and O–H groups in total. The van der Waals surface area contributed by atoms with Gasteiger partial charge in [-0.15, -0.1) is 0 Å². The predicted molar refractivity (Wildman–Crippen MR) is 67.7 cm³/mol. The highest BCUT2D eigenvalue weighted by Gasteiger charge is 2.26. The first-order valence-corrected chi connectivity index (χ1v) is 6.57. The monoisotopic (exact) mass is 271 g/mol. The first kappa shape index (κ1) is 14.4. The minimum absolute atomic E-state index is 0.0251. The molecule has 0 amide bonds. The number of aliphatic hydroxyl groups is 2. The van der Waals surface area contributed by atoms with Crippen LogP contribution in [-0.4, -0.2) is 47.0 Å². The maximum absolute atomic E-state index is 13.5. The van der Waals surface area contributed by atoms with Gasteiger partial charge in [-0.2, -0.15) is 0 Å². The van der Waals surface area contributed by atoms with Gasteiger partial charge < -0.3 is 10.2 Å². The largest absolute Gasteiger partial charge is 0.395 e. The summed E-state index contributed by atoms with van der Waals surface area (Å²) in [4.78, 5) is 2.02. The maximum atomic E-state index is 13.5. The molecule has 0 aliphatic carbocycles. The zero-order valence-electron chi connectivity index (χ0n) is 10.7. The molecule has 1 saturated heterocycles. The van der Waals surface area contributed by atoms with E-state index >= 15 is 0 Å². The minimum atomic E-state index is -0.441. The Hall–Kier alpha value is -1.04. The summed E-state index contributed by atoms with van der Waals surface area (Å²) < 4.78 is 26.5. The molecule has 2 unspecified atom stereocenters. The van der Waals surface area contributed by atoms with Gasteiger partial charge in [0.1, 0.15) is 11.6 Å². The molecule has 0 spiro atoms. The summed E-state index contributed by atoms with van der Waals surface area (Å²) in [5, 5.41) is 18.8. The average molecular weight is 271 g/mol. The van der Waals surface area contributed by atoms with Crippen LogP contribution in [0.5, 0.6) is 0 Å². The number of aliphatic hydroxyl groups excluding tert-OH is 2. The highest BCUT2D eigenvalue weighted by Crippen LogP contribution is 2.18. The van der Waals surface area contributed by atoms with E-state index in [9.17, 15) is 19.0 Å². The first-order chi connectivity index (χ1) is 9.10. The molecule has 1 heterocycles. The van der Waals surface area contributed by atoms with Gasteiger partial charge in [-0.1, -0.05) is 0 Å². The lowest BCUT2D eigenvalue weighted by molar-refractivity contribution is 0.0176. The van der Waals surface area contributed by atoms with E-state index in [-0.39, 0.29) is 18.8 Å². The van der Waals surface area contributed by atoms with Crippen molar-refractivity contribution in [3.8, 4) is 0 Å². The number of nitrogens with zero attached hydrogens (tertiary/aromatic N) is 1. The standard InChI is InChI=1S/C14H19F2NO2/c15-11-1-2-14(16)10(7-11)3-5-17-6-4-13(19)8-12(17)9-18/h1-2,7,12-13,18-19H,3-6,8-9H2. The number of benzene rings is 1. The maximum Gasteiger partial charge on any atom is 0.126 e. The fourth-order valence-corrected chi connectivity index (χ4v) is 2.56. The number of hydrogen-bond donors (Lipinski definition) is 2. The topological polar surface area (TPSA) is 43.7 Å². The molecule has 2 rings (SSSR count). The van der Waals surface area contributed by atoms with Crippen molar-refractivity contribution in [2.75, 3.05) is 19.7 Å². The van der Waals surface area contributed by atoms with Crippen molar-refractivity contribution in [1.82, 2.24) is 4.90 Å². The van der Waals surface area contributed by atoms with E-state index in [1.807, 2.05) is 4.90 Å². The van der Waals surface area contributed by atoms with Crippen molar-refractivity contribution in [2.24, 2.45) is 0 Å².